The zero-order valence-electron chi connectivity index (χ0n) is 10.3. The lowest BCUT2D eigenvalue weighted by Gasteiger charge is -2.15. The van der Waals surface area contributed by atoms with Crippen LogP contribution in [0.1, 0.15) is 22.1 Å². The lowest BCUT2D eigenvalue weighted by molar-refractivity contribution is 0.353. The van der Waals surface area contributed by atoms with Crippen molar-refractivity contribution in [2.24, 2.45) is 0 Å². The van der Waals surface area contributed by atoms with Gasteiger partial charge in [0.05, 0.1) is 12.0 Å². The first-order chi connectivity index (χ1) is 9.56. The van der Waals surface area contributed by atoms with Crippen LogP contribution in [0, 0.1) is 5.82 Å². The third kappa shape index (κ3) is 2.54. The fraction of sp³-hybridized carbons (Fsp3) is 0.200. The van der Waals surface area contributed by atoms with Gasteiger partial charge in [-0.2, -0.15) is 0 Å². The molecule has 5 heteroatoms. The molecule has 2 aromatic carbocycles. The Labute approximate surface area is 134 Å². The first kappa shape index (κ1) is 14.2. The van der Waals surface area contributed by atoms with Gasteiger partial charge in [0.25, 0.3) is 0 Å². The molecule has 0 spiro atoms. The van der Waals surface area contributed by atoms with Crippen LogP contribution in [0.2, 0.25) is 5.02 Å². The van der Waals surface area contributed by atoms with Gasteiger partial charge in [-0.05, 0) is 29.8 Å². The minimum Gasteiger partial charge on any atom is -0.493 e. The maximum Gasteiger partial charge on any atom is 0.129 e. The number of hydrogen-bond donors (Lipinski definition) is 0. The zero-order chi connectivity index (χ0) is 14.3. The van der Waals surface area contributed by atoms with Crippen molar-refractivity contribution in [3.05, 3.63) is 62.3 Å². The van der Waals surface area contributed by atoms with Gasteiger partial charge in [0, 0.05) is 27.0 Å². The second-order valence-electron chi connectivity index (χ2n) is 4.61. The smallest absolute Gasteiger partial charge is 0.129 e. The summed E-state index contributed by atoms with van der Waals surface area (Å²) in [6, 6.07) is 8.44. The molecule has 20 heavy (non-hydrogen) atoms. The Morgan fingerprint density at radius 3 is 2.75 bits per heavy atom. The van der Waals surface area contributed by atoms with Crippen LogP contribution >= 0.6 is 39.1 Å². The van der Waals surface area contributed by atoms with Crippen molar-refractivity contribution < 1.29 is 9.13 Å². The fourth-order valence-electron chi connectivity index (χ4n) is 2.36. The summed E-state index contributed by atoms with van der Waals surface area (Å²) >= 11 is 15.8. The van der Waals surface area contributed by atoms with Gasteiger partial charge >= 0.3 is 0 Å². The van der Waals surface area contributed by atoms with Crippen molar-refractivity contribution in [2.45, 2.75) is 11.8 Å². The fourth-order valence-corrected chi connectivity index (χ4v) is 3.28. The van der Waals surface area contributed by atoms with Gasteiger partial charge < -0.3 is 4.74 Å². The van der Waals surface area contributed by atoms with E-state index in [0.29, 0.717) is 27.2 Å². The van der Waals surface area contributed by atoms with Gasteiger partial charge in [-0.3, -0.25) is 0 Å². The number of hydrogen-bond acceptors (Lipinski definition) is 1. The molecule has 0 saturated carbocycles. The zero-order valence-corrected chi connectivity index (χ0v) is 13.4. The molecule has 1 unspecified atom stereocenters. The molecule has 2 aromatic rings. The normalized spacial score (nSPS) is 14.8. The van der Waals surface area contributed by atoms with E-state index in [-0.39, 0.29) is 5.82 Å². The highest BCUT2D eigenvalue weighted by Crippen LogP contribution is 2.42. The molecule has 0 saturated heterocycles. The van der Waals surface area contributed by atoms with E-state index < -0.39 is 5.38 Å². The van der Waals surface area contributed by atoms with E-state index in [1.54, 1.807) is 18.2 Å². The molecule has 1 atom stereocenters. The van der Waals surface area contributed by atoms with E-state index in [1.807, 2.05) is 6.07 Å². The van der Waals surface area contributed by atoms with Crippen molar-refractivity contribution in [3.8, 4) is 5.75 Å². The molecule has 3 rings (SSSR count). The van der Waals surface area contributed by atoms with E-state index >= 15 is 0 Å². The average Bonchev–Trinajstić information content (AvgIpc) is 2.85. The average molecular weight is 376 g/mol. The predicted molar refractivity (Wildman–Crippen MR) is 82.4 cm³/mol. The summed E-state index contributed by atoms with van der Waals surface area (Å²) in [4.78, 5) is 0. The van der Waals surface area contributed by atoms with Crippen molar-refractivity contribution >= 4 is 39.1 Å². The van der Waals surface area contributed by atoms with Crippen molar-refractivity contribution in [2.75, 3.05) is 6.61 Å². The highest BCUT2D eigenvalue weighted by atomic mass is 79.9. The monoisotopic (exact) mass is 374 g/mol. The minimum atomic E-state index is -0.631. The largest absolute Gasteiger partial charge is 0.493 e. The minimum absolute atomic E-state index is 0.355. The molecule has 0 bridgehead atoms. The molecule has 1 aliphatic rings. The van der Waals surface area contributed by atoms with Crippen LogP contribution in [0.25, 0.3) is 0 Å². The van der Waals surface area contributed by atoms with E-state index in [1.165, 1.54) is 6.07 Å². The van der Waals surface area contributed by atoms with Gasteiger partial charge in [-0.15, -0.1) is 11.6 Å². The van der Waals surface area contributed by atoms with Crippen LogP contribution in [0.15, 0.2) is 34.8 Å². The molecule has 0 fully saturated rings. The summed E-state index contributed by atoms with van der Waals surface area (Å²) in [5.74, 6) is 0.378. The molecule has 1 aliphatic heterocycles. The molecule has 0 aliphatic carbocycles. The molecular weight excluding hydrogens is 366 g/mol. The second-order valence-corrected chi connectivity index (χ2v) is 6.40. The van der Waals surface area contributed by atoms with E-state index in [4.69, 9.17) is 27.9 Å². The van der Waals surface area contributed by atoms with Gasteiger partial charge in [-0.1, -0.05) is 33.6 Å². The highest BCUT2D eigenvalue weighted by Gasteiger charge is 2.25. The van der Waals surface area contributed by atoms with E-state index in [9.17, 15) is 4.39 Å². The Bertz CT molecular complexity index is 675. The molecule has 0 amide bonds. The molecule has 0 radical (unpaired) electrons. The summed E-state index contributed by atoms with van der Waals surface area (Å²) in [5, 5.41) is -0.0407. The number of halogens is 4. The first-order valence-electron chi connectivity index (χ1n) is 6.10. The molecule has 0 N–H and O–H groups in total. The Kier molecular flexibility index (Phi) is 3.93. The third-order valence-corrected chi connectivity index (χ3v) is 4.47. The van der Waals surface area contributed by atoms with E-state index in [2.05, 4.69) is 15.9 Å². The molecule has 0 aromatic heterocycles. The van der Waals surface area contributed by atoms with Gasteiger partial charge in [0.15, 0.2) is 0 Å². The summed E-state index contributed by atoms with van der Waals surface area (Å²) < 4.78 is 20.3. The van der Waals surface area contributed by atoms with Crippen LogP contribution in [0.5, 0.6) is 5.75 Å². The number of fused-ring (bicyclic) bond motifs is 1. The van der Waals surface area contributed by atoms with Crippen molar-refractivity contribution in [1.29, 1.82) is 0 Å². The van der Waals surface area contributed by atoms with Crippen molar-refractivity contribution in [1.82, 2.24) is 0 Å². The lowest BCUT2D eigenvalue weighted by atomic mass is 10.00. The Morgan fingerprint density at radius 2 is 2.00 bits per heavy atom. The summed E-state index contributed by atoms with van der Waals surface area (Å²) in [6.45, 7) is 0.606. The molecular formula is C15H10BrCl2FO. The van der Waals surface area contributed by atoms with Crippen LogP contribution < -0.4 is 4.74 Å². The summed E-state index contributed by atoms with van der Waals surface area (Å²) in [6.07, 6.45) is 0.801. The van der Waals surface area contributed by atoms with Crippen LogP contribution in [-0.4, -0.2) is 6.61 Å². The van der Waals surface area contributed by atoms with Crippen LogP contribution in [-0.2, 0) is 6.42 Å². The Balaban J connectivity index is 2.09. The summed E-state index contributed by atoms with van der Waals surface area (Å²) in [5.41, 5.74) is 2.15. The van der Waals surface area contributed by atoms with Gasteiger partial charge in [-0.25, -0.2) is 4.39 Å². The maximum atomic E-state index is 14.1. The van der Waals surface area contributed by atoms with Crippen LogP contribution in [0.3, 0.4) is 0 Å². The number of alkyl halides is 1. The Hall–Kier alpha value is -0.770. The number of benzene rings is 2. The highest BCUT2D eigenvalue weighted by molar-refractivity contribution is 9.10. The van der Waals surface area contributed by atoms with Gasteiger partial charge in [0.2, 0.25) is 0 Å². The molecule has 1 nitrogen and oxygen atoms in total. The third-order valence-electron chi connectivity index (χ3n) is 3.29. The molecule has 104 valence electrons. The quantitative estimate of drug-likeness (QED) is 0.629. The Morgan fingerprint density at radius 1 is 1.20 bits per heavy atom. The standard InChI is InChI=1S/C15H10BrCl2FO/c16-9-1-2-11(13(19)6-9)14(18)12-7-10(17)5-8-3-4-20-15(8)12/h1-2,5-7,14H,3-4H2. The maximum absolute atomic E-state index is 14.1. The topological polar surface area (TPSA) is 9.23 Å². The van der Waals surface area contributed by atoms with Crippen molar-refractivity contribution in [3.63, 3.8) is 0 Å². The second kappa shape index (κ2) is 5.55. The number of ether oxygens (including phenoxy) is 1. The van der Waals surface area contributed by atoms with Gasteiger partial charge in [0.1, 0.15) is 11.6 Å². The molecule has 1 heterocycles. The SMILES string of the molecule is Fc1cc(Br)ccc1C(Cl)c1cc(Cl)cc2c1OCC2. The van der Waals surface area contributed by atoms with Crippen LogP contribution in [0.4, 0.5) is 4.39 Å². The lowest BCUT2D eigenvalue weighted by Crippen LogP contribution is -2.00. The predicted octanol–water partition coefficient (Wildman–Crippen LogP) is 5.50. The van der Waals surface area contributed by atoms with E-state index in [0.717, 1.165) is 17.7 Å². The number of rotatable bonds is 2. The summed E-state index contributed by atoms with van der Waals surface area (Å²) in [7, 11) is 0. The first-order valence-corrected chi connectivity index (χ1v) is 7.71.